The van der Waals surface area contributed by atoms with E-state index in [4.69, 9.17) is 4.74 Å². The van der Waals surface area contributed by atoms with Crippen LogP contribution in [0.1, 0.15) is 5.56 Å². The predicted molar refractivity (Wildman–Crippen MR) is 76.5 cm³/mol. The first-order valence-corrected chi connectivity index (χ1v) is 6.30. The minimum Gasteiger partial charge on any atom is -0.504 e. The zero-order valence-corrected chi connectivity index (χ0v) is 11.0. The Labute approximate surface area is 116 Å². The van der Waals surface area contributed by atoms with Gasteiger partial charge in [0.05, 0.1) is 18.1 Å². The Morgan fingerprint density at radius 2 is 1.95 bits per heavy atom. The van der Waals surface area contributed by atoms with Crippen LogP contribution in [-0.4, -0.2) is 14.9 Å². The lowest BCUT2D eigenvalue weighted by Gasteiger charge is -2.04. The summed E-state index contributed by atoms with van der Waals surface area (Å²) in [7, 11) is 0. The van der Waals surface area contributed by atoms with E-state index < -0.39 is 0 Å². The Balaban J connectivity index is 1.86. The summed E-state index contributed by atoms with van der Waals surface area (Å²) in [6, 6.07) is 14.9. The topological polar surface area (TPSA) is 47.3 Å². The zero-order valence-electron chi connectivity index (χ0n) is 11.0. The van der Waals surface area contributed by atoms with Gasteiger partial charge in [-0.3, -0.25) is 0 Å². The Morgan fingerprint density at radius 3 is 2.75 bits per heavy atom. The van der Waals surface area contributed by atoms with Crippen LogP contribution in [0.25, 0.3) is 5.69 Å². The fourth-order valence-corrected chi connectivity index (χ4v) is 1.94. The van der Waals surface area contributed by atoms with Crippen molar-refractivity contribution >= 4 is 0 Å². The van der Waals surface area contributed by atoms with Gasteiger partial charge in [-0.05, 0) is 36.8 Å². The van der Waals surface area contributed by atoms with Gasteiger partial charge in [-0.1, -0.05) is 24.3 Å². The Kier molecular flexibility index (Phi) is 3.13. The normalized spacial score (nSPS) is 10.4. The average Bonchev–Trinajstić information content (AvgIpc) is 2.90. The highest BCUT2D eigenvalue weighted by Crippen LogP contribution is 2.29. The second kappa shape index (κ2) is 5.09. The van der Waals surface area contributed by atoms with Crippen molar-refractivity contribution in [3.63, 3.8) is 0 Å². The Hall–Kier alpha value is -2.75. The molecule has 4 nitrogen and oxygen atoms in total. The van der Waals surface area contributed by atoms with E-state index in [2.05, 4.69) is 5.10 Å². The summed E-state index contributed by atoms with van der Waals surface area (Å²) in [5.74, 6) is 1.10. The second-order valence-electron chi connectivity index (χ2n) is 4.53. The minimum atomic E-state index is 0.107. The second-order valence-corrected chi connectivity index (χ2v) is 4.53. The van der Waals surface area contributed by atoms with Crippen molar-refractivity contribution in [2.24, 2.45) is 0 Å². The Morgan fingerprint density at radius 1 is 1.10 bits per heavy atom. The van der Waals surface area contributed by atoms with Crippen molar-refractivity contribution in [1.29, 1.82) is 0 Å². The molecule has 1 aromatic heterocycles. The third kappa shape index (κ3) is 2.49. The molecule has 0 atom stereocenters. The molecule has 0 aliphatic carbocycles. The molecule has 100 valence electrons. The molecule has 0 aliphatic heterocycles. The maximum atomic E-state index is 9.68. The van der Waals surface area contributed by atoms with Crippen LogP contribution in [0, 0.1) is 6.92 Å². The van der Waals surface area contributed by atoms with Gasteiger partial charge in [0, 0.05) is 0 Å². The van der Waals surface area contributed by atoms with Crippen LogP contribution >= 0.6 is 0 Å². The van der Waals surface area contributed by atoms with Crippen LogP contribution in [0.15, 0.2) is 60.9 Å². The van der Waals surface area contributed by atoms with Crippen LogP contribution in [0.5, 0.6) is 17.2 Å². The first-order valence-electron chi connectivity index (χ1n) is 6.30. The van der Waals surface area contributed by atoms with Crippen molar-refractivity contribution < 1.29 is 9.84 Å². The lowest BCUT2D eigenvalue weighted by Crippen LogP contribution is -1.93. The van der Waals surface area contributed by atoms with Crippen LogP contribution in [0.4, 0.5) is 0 Å². The zero-order chi connectivity index (χ0) is 13.9. The molecule has 0 unspecified atom stereocenters. The largest absolute Gasteiger partial charge is 0.504 e. The fraction of sp³-hybridized carbons (Fsp3) is 0.0625. The molecule has 0 bridgehead atoms. The van der Waals surface area contributed by atoms with Crippen molar-refractivity contribution in [3.8, 4) is 22.9 Å². The molecular formula is C16H14N2O2. The number of aromatic nitrogens is 2. The molecule has 0 fully saturated rings. The number of aryl methyl sites for hydroxylation is 1. The lowest BCUT2D eigenvalue weighted by molar-refractivity contribution is 0.411. The number of ether oxygens (including phenoxy) is 1. The smallest absolute Gasteiger partial charge is 0.169 e. The van der Waals surface area contributed by atoms with Crippen LogP contribution in [-0.2, 0) is 0 Å². The molecule has 0 amide bonds. The molecule has 1 heterocycles. The number of phenols is 1. The van der Waals surface area contributed by atoms with Crippen LogP contribution in [0.2, 0.25) is 0 Å². The first kappa shape index (κ1) is 12.3. The van der Waals surface area contributed by atoms with Crippen molar-refractivity contribution in [3.05, 3.63) is 66.5 Å². The molecule has 20 heavy (non-hydrogen) atoms. The minimum absolute atomic E-state index is 0.107. The quantitative estimate of drug-likeness (QED) is 0.786. The van der Waals surface area contributed by atoms with E-state index in [1.807, 2.05) is 31.2 Å². The summed E-state index contributed by atoms with van der Waals surface area (Å²) >= 11 is 0. The van der Waals surface area contributed by atoms with Gasteiger partial charge in [0.25, 0.3) is 0 Å². The molecule has 3 aromatic rings. The van der Waals surface area contributed by atoms with Crippen molar-refractivity contribution in [2.75, 3.05) is 0 Å². The highest BCUT2D eigenvalue weighted by Gasteiger charge is 2.06. The number of benzene rings is 2. The van der Waals surface area contributed by atoms with Crippen molar-refractivity contribution in [1.82, 2.24) is 9.78 Å². The van der Waals surface area contributed by atoms with Gasteiger partial charge in [0.1, 0.15) is 0 Å². The number of para-hydroxylation sites is 2. The highest BCUT2D eigenvalue weighted by atomic mass is 16.5. The molecule has 2 aromatic carbocycles. The summed E-state index contributed by atoms with van der Waals surface area (Å²) in [6.07, 6.45) is 3.40. The molecule has 3 rings (SSSR count). The summed E-state index contributed by atoms with van der Waals surface area (Å²) in [6.45, 7) is 2.03. The van der Waals surface area contributed by atoms with Crippen molar-refractivity contribution in [2.45, 2.75) is 6.92 Å². The predicted octanol–water partition coefficient (Wildman–Crippen LogP) is 3.68. The van der Waals surface area contributed by atoms with E-state index in [0.29, 0.717) is 11.5 Å². The SMILES string of the molecule is Cc1cccc(-n2cc(Oc3ccccc3O)cn2)c1. The number of aromatic hydroxyl groups is 1. The van der Waals surface area contributed by atoms with Crippen LogP contribution < -0.4 is 4.74 Å². The van der Waals surface area contributed by atoms with Gasteiger partial charge >= 0.3 is 0 Å². The van der Waals surface area contributed by atoms with Gasteiger partial charge in [-0.25, -0.2) is 4.68 Å². The van der Waals surface area contributed by atoms with Crippen LogP contribution in [0.3, 0.4) is 0 Å². The Bertz CT molecular complexity index is 735. The van der Waals surface area contributed by atoms with Gasteiger partial charge < -0.3 is 9.84 Å². The van der Waals surface area contributed by atoms with Gasteiger partial charge in [0.15, 0.2) is 17.2 Å². The van der Waals surface area contributed by atoms with Gasteiger partial charge in [-0.15, -0.1) is 0 Å². The number of phenolic OH excluding ortho intramolecular Hbond substituents is 1. The molecule has 0 spiro atoms. The number of hydrogen-bond donors (Lipinski definition) is 1. The fourth-order valence-electron chi connectivity index (χ4n) is 1.94. The van der Waals surface area contributed by atoms with E-state index >= 15 is 0 Å². The molecule has 0 aliphatic rings. The summed E-state index contributed by atoms with van der Waals surface area (Å²) in [4.78, 5) is 0. The molecule has 0 radical (unpaired) electrons. The van der Waals surface area contributed by atoms with Gasteiger partial charge in [-0.2, -0.15) is 5.10 Å². The van der Waals surface area contributed by atoms with E-state index in [0.717, 1.165) is 5.69 Å². The molecule has 4 heteroatoms. The van der Waals surface area contributed by atoms with E-state index in [9.17, 15) is 5.11 Å². The molecular weight excluding hydrogens is 252 g/mol. The number of hydrogen-bond acceptors (Lipinski definition) is 3. The number of nitrogens with zero attached hydrogens (tertiary/aromatic N) is 2. The summed E-state index contributed by atoms with van der Waals surface area (Å²) in [5, 5.41) is 13.9. The van der Waals surface area contributed by atoms with E-state index in [-0.39, 0.29) is 5.75 Å². The summed E-state index contributed by atoms with van der Waals surface area (Å²) < 4.78 is 7.35. The monoisotopic (exact) mass is 266 g/mol. The molecule has 1 N–H and O–H groups in total. The summed E-state index contributed by atoms with van der Waals surface area (Å²) in [5.41, 5.74) is 2.14. The van der Waals surface area contributed by atoms with E-state index in [1.54, 1.807) is 41.3 Å². The maximum Gasteiger partial charge on any atom is 0.169 e. The standard InChI is InChI=1S/C16H14N2O2/c1-12-5-4-6-13(9-12)18-11-14(10-17-18)20-16-8-3-2-7-15(16)19/h2-11,19H,1H3. The molecule has 0 saturated carbocycles. The number of rotatable bonds is 3. The first-order chi connectivity index (χ1) is 9.72. The third-order valence-corrected chi connectivity index (χ3v) is 2.92. The molecule has 0 saturated heterocycles. The van der Waals surface area contributed by atoms with E-state index in [1.165, 1.54) is 5.56 Å². The van der Waals surface area contributed by atoms with Gasteiger partial charge in [0.2, 0.25) is 0 Å². The third-order valence-electron chi connectivity index (χ3n) is 2.92. The maximum absolute atomic E-state index is 9.68. The lowest BCUT2D eigenvalue weighted by atomic mass is 10.2. The highest BCUT2D eigenvalue weighted by molar-refractivity contribution is 5.41. The average molecular weight is 266 g/mol.